The van der Waals surface area contributed by atoms with Crippen LogP contribution in [-0.4, -0.2) is 12.7 Å². The molecule has 0 aromatic heterocycles. The molecular weight excluding hydrogens is 250 g/mol. The second-order valence-corrected chi connectivity index (χ2v) is 5.77. The molecule has 3 nitrogen and oxygen atoms in total. The predicted octanol–water partition coefficient (Wildman–Crippen LogP) is 4.41. The van der Waals surface area contributed by atoms with Crippen LogP contribution < -0.4 is 15.2 Å². The highest BCUT2D eigenvalue weighted by atomic mass is 16.5. The zero-order chi connectivity index (χ0) is 14.4. The van der Waals surface area contributed by atoms with Gasteiger partial charge >= 0.3 is 0 Å². The SMILES string of the molecule is CCCOc1cc(N)cc(OC2CCCC(CC)C2)c1. The lowest BCUT2D eigenvalue weighted by atomic mass is 9.85. The van der Waals surface area contributed by atoms with Crippen molar-refractivity contribution in [3.8, 4) is 11.5 Å². The van der Waals surface area contributed by atoms with Gasteiger partial charge in [-0.15, -0.1) is 0 Å². The van der Waals surface area contributed by atoms with Gasteiger partial charge in [-0.1, -0.05) is 26.7 Å². The topological polar surface area (TPSA) is 44.5 Å². The summed E-state index contributed by atoms with van der Waals surface area (Å²) in [6.45, 7) is 5.07. The minimum absolute atomic E-state index is 0.328. The summed E-state index contributed by atoms with van der Waals surface area (Å²) in [7, 11) is 0. The second-order valence-electron chi connectivity index (χ2n) is 5.77. The van der Waals surface area contributed by atoms with Crippen molar-refractivity contribution >= 4 is 5.69 Å². The van der Waals surface area contributed by atoms with E-state index in [2.05, 4.69) is 13.8 Å². The van der Waals surface area contributed by atoms with Gasteiger partial charge in [-0.3, -0.25) is 0 Å². The van der Waals surface area contributed by atoms with Crippen LogP contribution in [0.25, 0.3) is 0 Å². The Hall–Kier alpha value is -1.38. The van der Waals surface area contributed by atoms with Gasteiger partial charge in [-0.2, -0.15) is 0 Å². The molecule has 1 aromatic carbocycles. The molecule has 3 heteroatoms. The van der Waals surface area contributed by atoms with Crippen LogP contribution in [0.5, 0.6) is 11.5 Å². The highest BCUT2D eigenvalue weighted by Gasteiger charge is 2.22. The summed E-state index contributed by atoms with van der Waals surface area (Å²) in [5.74, 6) is 2.47. The standard InChI is InChI=1S/C17H27NO2/c1-3-8-19-16-10-14(18)11-17(12-16)20-15-7-5-6-13(4-2)9-15/h10-13,15H,3-9,18H2,1-2H3. The van der Waals surface area contributed by atoms with E-state index in [1.54, 1.807) is 0 Å². The summed E-state index contributed by atoms with van der Waals surface area (Å²) >= 11 is 0. The van der Waals surface area contributed by atoms with Gasteiger partial charge in [0.2, 0.25) is 0 Å². The molecule has 112 valence electrons. The lowest BCUT2D eigenvalue weighted by Crippen LogP contribution is -2.25. The predicted molar refractivity (Wildman–Crippen MR) is 83.3 cm³/mol. The van der Waals surface area contributed by atoms with E-state index in [-0.39, 0.29) is 0 Å². The smallest absolute Gasteiger partial charge is 0.125 e. The van der Waals surface area contributed by atoms with Crippen LogP contribution >= 0.6 is 0 Å². The van der Waals surface area contributed by atoms with E-state index in [9.17, 15) is 0 Å². The number of anilines is 1. The Kier molecular flexibility index (Phi) is 5.57. The van der Waals surface area contributed by atoms with Crippen LogP contribution in [0, 0.1) is 5.92 Å². The van der Waals surface area contributed by atoms with Crippen molar-refractivity contribution in [2.45, 2.75) is 58.5 Å². The number of nitrogen functional groups attached to an aromatic ring is 1. The van der Waals surface area contributed by atoms with Gasteiger partial charge < -0.3 is 15.2 Å². The molecule has 1 fully saturated rings. The molecule has 0 amide bonds. The molecule has 0 heterocycles. The van der Waals surface area contributed by atoms with Crippen LogP contribution in [0.4, 0.5) is 5.69 Å². The number of benzene rings is 1. The summed E-state index contributed by atoms with van der Waals surface area (Å²) in [5, 5.41) is 0. The lowest BCUT2D eigenvalue weighted by Gasteiger charge is -2.29. The molecule has 1 aliphatic carbocycles. The van der Waals surface area contributed by atoms with Gasteiger partial charge in [0.05, 0.1) is 12.7 Å². The third kappa shape index (κ3) is 4.32. The van der Waals surface area contributed by atoms with Crippen molar-refractivity contribution in [1.29, 1.82) is 0 Å². The monoisotopic (exact) mass is 277 g/mol. The third-order valence-electron chi connectivity index (χ3n) is 3.99. The first-order chi connectivity index (χ1) is 9.71. The van der Waals surface area contributed by atoms with E-state index in [0.29, 0.717) is 18.4 Å². The van der Waals surface area contributed by atoms with Gasteiger partial charge in [0.15, 0.2) is 0 Å². The minimum atomic E-state index is 0.328. The number of hydrogen-bond donors (Lipinski definition) is 1. The second kappa shape index (κ2) is 7.41. The maximum Gasteiger partial charge on any atom is 0.125 e. The van der Waals surface area contributed by atoms with Crippen molar-refractivity contribution in [1.82, 2.24) is 0 Å². The Morgan fingerprint density at radius 2 is 1.95 bits per heavy atom. The molecule has 1 saturated carbocycles. The quantitative estimate of drug-likeness (QED) is 0.783. The Morgan fingerprint density at radius 3 is 2.70 bits per heavy atom. The molecule has 0 spiro atoms. The molecule has 1 aromatic rings. The summed E-state index contributed by atoms with van der Waals surface area (Å²) in [6, 6.07) is 5.72. The van der Waals surface area contributed by atoms with E-state index < -0.39 is 0 Å². The summed E-state index contributed by atoms with van der Waals surface area (Å²) in [6.07, 6.45) is 7.50. The zero-order valence-corrected chi connectivity index (χ0v) is 12.7. The van der Waals surface area contributed by atoms with Crippen molar-refractivity contribution in [3.63, 3.8) is 0 Å². The fourth-order valence-electron chi connectivity index (χ4n) is 2.88. The highest BCUT2D eigenvalue weighted by Crippen LogP contribution is 2.31. The van der Waals surface area contributed by atoms with E-state index in [4.69, 9.17) is 15.2 Å². The number of nitrogens with two attached hydrogens (primary N) is 1. The van der Waals surface area contributed by atoms with Crippen molar-refractivity contribution in [2.24, 2.45) is 5.92 Å². The van der Waals surface area contributed by atoms with E-state index in [0.717, 1.165) is 36.7 Å². The molecular formula is C17H27NO2. The van der Waals surface area contributed by atoms with E-state index in [1.807, 2.05) is 18.2 Å². The molecule has 2 unspecified atom stereocenters. The fourth-order valence-corrected chi connectivity index (χ4v) is 2.88. The number of rotatable bonds is 6. The van der Waals surface area contributed by atoms with Gasteiger partial charge in [0.25, 0.3) is 0 Å². The van der Waals surface area contributed by atoms with Crippen LogP contribution in [0.15, 0.2) is 18.2 Å². The average molecular weight is 277 g/mol. The summed E-state index contributed by atoms with van der Waals surface area (Å²) in [5.41, 5.74) is 6.63. The van der Waals surface area contributed by atoms with Gasteiger partial charge in [0, 0.05) is 23.9 Å². The van der Waals surface area contributed by atoms with Crippen molar-refractivity contribution in [3.05, 3.63) is 18.2 Å². The van der Waals surface area contributed by atoms with Gasteiger partial charge in [0.1, 0.15) is 11.5 Å². The maximum atomic E-state index is 6.13. The van der Waals surface area contributed by atoms with Gasteiger partial charge in [-0.25, -0.2) is 0 Å². The molecule has 20 heavy (non-hydrogen) atoms. The normalized spacial score (nSPS) is 22.5. The first kappa shape index (κ1) is 15.0. The fraction of sp³-hybridized carbons (Fsp3) is 0.647. The summed E-state index contributed by atoms with van der Waals surface area (Å²) < 4.78 is 11.8. The summed E-state index contributed by atoms with van der Waals surface area (Å²) in [4.78, 5) is 0. The molecule has 0 saturated heterocycles. The average Bonchev–Trinajstić information content (AvgIpc) is 2.44. The molecule has 0 bridgehead atoms. The molecule has 0 radical (unpaired) electrons. The molecule has 2 rings (SSSR count). The van der Waals surface area contributed by atoms with E-state index >= 15 is 0 Å². The first-order valence-corrected chi connectivity index (χ1v) is 7.91. The van der Waals surface area contributed by atoms with Crippen LogP contribution in [0.2, 0.25) is 0 Å². The van der Waals surface area contributed by atoms with Crippen molar-refractivity contribution in [2.75, 3.05) is 12.3 Å². The molecule has 1 aliphatic rings. The Morgan fingerprint density at radius 1 is 1.15 bits per heavy atom. The van der Waals surface area contributed by atoms with Gasteiger partial charge in [-0.05, 0) is 31.6 Å². The van der Waals surface area contributed by atoms with Crippen LogP contribution in [-0.2, 0) is 0 Å². The highest BCUT2D eigenvalue weighted by molar-refractivity contribution is 5.50. The van der Waals surface area contributed by atoms with Crippen molar-refractivity contribution < 1.29 is 9.47 Å². The van der Waals surface area contributed by atoms with Crippen LogP contribution in [0.1, 0.15) is 52.4 Å². The van der Waals surface area contributed by atoms with E-state index in [1.165, 1.54) is 19.3 Å². The molecule has 0 aliphatic heterocycles. The molecule has 2 atom stereocenters. The minimum Gasteiger partial charge on any atom is -0.493 e. The zero-order valence-electron chi connectivity index (χ0n) is 12.7. The number of ether oxygens (including phenoxy) is 2. The Labute approximate surface area is 122 Å². The Balaban J connectivity index is 1.99. The third-order valence-corrected chi connectivity index (χ3v) is 3.99. The first-order valence-electron chi connectivity index (χ1n) is 7.91. The van der Waals surface area contributed by atoms with Crippen LogP contribution in [0.3, 0.4) is 0 Å². The largest absolute Gasteiger partial charge is 0.493 e. The molecule has 2 N–H and O–H groups in total. The lowest BCUT2D eigenvalue weighted by molar-refractivity contribution is 0.121. The maximum absolute atomic E-state index is 6.13. The number of hydrogen-bond acceptors (Lipinski definition) is 3. The Bertz CT molecular complexity index is 419.